The Bertz CT molecular complexity index is 1310. The minimum Gasteiger partial charge on any atom is -0.456 e. The second kappa shape index (κ2) is 6.12. The second-order valence-corrected chi connectivity index (χ2v) is 7.26. The zero-order valence-electron chi connectivity index (χ0n) is 13.4. The van der Waals surface area contributed by atoms with Gasteiger partial charge in [-0.2, -0.15) is 5.10 Å². The van der Waals surface area contributed by atoms with Crippen LogP contribution in [0, 0.1) is 0 Å². The summed E-state index contributed by atoms with van der Waals surface area (Å²) in [7, 11) is 0. The average molecular weight is 378 g/mol. The normalized spacial score (nSPS) is 12.3. The Balaban J connectivity index is 1.74. The van der Waals surface area contributed by atoms with E-state index in [9.17, 15) is 0 Å². The van der Waals surface area contributed by atoms with E-state index in [1.54, 1.807) is 11.3 Å². The van der Waals surface area contributed by atoms with Gasteiger partial charge in [0.1, 0.15) is 16.5 Å². The number of para-hydroxylation sites is 2. The molecule has 0 aliphatic rings. The molecule has 0 saturated carbocycles. The number of fused-ring (bicyclic) bond motifs is 3. The minimum atomic E-state index is 0.638. The maximum absolute atomic E-state index is 6.20. The van der Waals surface area contributed by atoms with Gasteiger partial charge in [-0.1, -0.05) is 47.2 Å². The molecule has 0 unspecified atom stereocenters. The van der Waals surface area contributed by atoms with Gasteiger partial charge in [-0.05, 0) is 42.5 Å². The van der Waals surface area contributed by atoms with Gasteiger partial charge in [-0.15, -0.1) is 0 Å². The zero-order valence-corrected chi connectivity index (χ0v) is 15.0. The minimum absolute atomic E-state index is 0.638. The number of thiazole rings is 1. The van der Waals surface area contributed by atoms with Gasteiger partial charge in [0.2, 0.25) is 5.13 Å². The molecule has 0 fully saturated rings. The van der Waals surface area contributed by atoms with Gasteiger partial charge in [0.05, 0.1) is 10.2 Å². The first kappa shape index (κ1) is 15.4. The maximum atomic E-state index is 6.20. The number of hydrogen-bond acceptors (Lipinski definition) is 5. The topological polar surface area (TPSA) is 50.4 Å². The van der Waals surface area contributed by atoms with E-state index in [1.165, 1.54) is 0 Å². The molecule has 5 rings (SSSR count). The van der Waals surface area contributed by atoms with E-state index in [2.05, 4.69) is 15.5 Å². The number of nitrogens with zero attached hydrogens (tertiary/aromatic N) is 2. The molecule has 2 heterocycles. The monoisotopic (exact) mass is 377 g/mol. The molecule has 5 aromatic rings. The molecule has 0 atom stereocenters. The van der Waals surface area contributed by atoms with Crippen molar-refractivity contribution in [2.24, 2.45) is 5.10 Å². The second-order valence-electron chi connectivity index (χ2n) is 5.80. The predicted molar refractivity (Wildman–Crippen MR) is 108 cm³/mol. The lowest BCUT2D eigenvalue weighted by Gasteiger charge is -2.04. The Morgan fingerprint density at radius 2 is 1.73 bits per heavy atom. The average Bonchev–Trinajstić information content (AvgIpc) is 3.08. The fourth-order valence-electron chi connectivity index (χ4n) is 2.94. The molecule has 0 amide bonds. The lowest BCUT2D eigenvalue weighted by atomic mass is 10.1. The molecule has 0 radical (unpaired) electrons. The van der Waals surface area contributed by atoms with Gasteiger partial charge >= 0.3 is 0 Å². The first-order chi connectivity index (χ1) is 12.8. The third kappa shape index (κ3) is 2.62. The standard InChI is InChI=1S/C20H12ClN3OS/c21-12-9-10-17-14(11-12)19(13-5-1-3-7-16(13)25-17)23-24-20-22-15-6-2-4-8-18(15)26-20/h1-11H,(H,22,24). The van der Waals surface area contributed by atoms with Crippen molar-refractivity contribution >= 4 is 60.2 Å². The molecule has 0 bridgehead atoms. The van der Waals surface area contributed by atoms with Crippen molar-refractivity contribution in [3.8, 4) is 0 Å². The number of benzene rings is 3. The van der Waals surface area contributed by atoms with Crippen LogP contribution in [0.2, 0.25) is 5.02 Å². The van der Waals surface area contributed by atoms with Crippen molar-refractivity contribution in [2.45, 2.75) is 0 Å². The summed E-state index contributed by atoms with van der Waals surface area (Å²) >= 11 is 7.76. The lowest BCUT2D eigenvalue weighted by molar-refractivity contribution is 0.659. The molecule has 2 aromatic heterocycles. The van der Waals surface area contributed by atoms with Crippen molar-refractivity contribution in [3.63, 3.8) is 0 Å². The summed E-state index contributed by atoms with van der Waals surface area (Å²) < 4.78 is 7.10. The summed E-state index contributed by atoms with van der Waals surface area (Å²) in [4.78, 5) is 4.57. The van der Waals surface area contributed by atoms with Crippen molar-refractivity contribution in [1.82, 2.24) is 4.98 Å². The van der Waals surface area contributed by atoms with E-state index in [0.717, 1.165) is 42.6 Å². The highest BCUT2D eigenvalue weighted by Gasteiger charge is 2.07. The van der Waals surface area contributed by atoms with Crippen LogP contribution in [0.1, 0.15) is 0 Å². The Morgan fingerprint density at radius 3 is 2.65 bits per heavy atom. The highest BCUT2D eigenvalue weighted by atomic mass is 35.5. The molecular weight excluding hydrogens is 366 g/mol. The van der Waals surface area contributed by atoms with Crippen LogP contribution >= 0.6 is 22.9 Å². The van der Waals surface area contributed by atoms with Gasteiger partial charge in [-0.3, -0.25) is 5.43 Å². The number of halogens is 1. The summed E-state index contributed by atoms with van der Waals surface area (Å²) in [5.74, 6) is 0. The van der Waals surface area contributed by atoms with Crippen LogP contribution in [0.4, 0.5) is 5.13 Å². The number of aromatic nitrogens is 1. The van der Waals surface area contributed by atoms with Gasteiger partial charge in [0, 0.05) is 15.8 Å². The largest absolute Gasteiger partial charge is 0.456 e. The Morgan fingerprint density at radius 1 is 0.923 bits per heavy atom. The Kier molecular flexibility index (Phi) is 3.62. The molecule has 0 spiro atoms. The van der Waals surface area contributed by atoms with Crippen molar-refractivity contribution < 1.29 is 4.42 Å². The van der Waals surface area contributed by atoms with Crippen LogP contribution in [0.3, 0.4) is 0 Å². The molecular formula is C20H12ClN3OS. The molecule has 3 aromatic carbocycles. The summed E-state index contributed by atoms with van der Waals surface area (Å²) in [5, 5.41) is 8.57. The van der Waals surface area contributed by atoms with Gasteiger partial charge < -0.3 is 4.42 Å². The van der Waals surface area contributed by atoms with Crippen LogP contribution in [-0.2, 0) is 0 Å². The number of hydrogen-bond donors (Lipinski definition) is 1. The molecule has 0 saturated heterocycles. The zero-order chi connectivity index (χ0) is 17.5. The lowest BCUT2D eigenvalue weighted by Crippen LogP contribution is -2.08. The molecule has 0 aliphatic carbocycles. The fourth-order valence-corrected chi connectivity index (χ4v) is 3.92. The van der Waals surface area contributed by atoms with Crippen LogP contribution in [0.15, 0.2) is 76.2 Å². The summed E-state index contributed by atoms with van der Waals surface area (Å²) in [5.41, 5.74) is 5.56. The molecule has 126 valence electrons. The molecule has 26 heavy (non-hydrogen) atoms. The molecule has 6 heteroatoms. The van der Waals surface area contributed by atoms with Crippen molar-refractivity contribution in [2.75, 3.05) is 5.43 Å². The van der Waals surface area contributed by atoms with Crippen LogP contribution in [0.25, 0.3) is 32.2 Å². The van der Waals surface area contributed by atoms with E-state index in [0.29, 0.717) is 5.02 Å². The van der Waals surface area contributed by atoms with E-state index in [-0.39, 0.29) is 0 Å². The van der Waals surface area contributed by atoms with Gasteiger partial charge in [0.25, 0.3) is 0 Å². The fraction of sp³-hybridized carbons (Fsp3) is 0. The van der Waals surface area contributed by atoms with E-state index >= 15 is 0 Å². The smallest absolute Gasteiger partial charge is 0.204 e. The quantitative estimate of drug-likeness (QED) is 0.313. The van der Waals surface area contributed by atoms with Gasteiger partial charge in [-0.25, -0.2) is 4.98 Å². The molecule has 1 N–H and O–H groups in total. The van der Waals surface area contributed by atoms with Gasteiger partial charge in [0.15, 0.2) is 0 Å². The first-order valence-electron chi connectivity index (χ1n) is 8.04. The first-order valence-corrected chi connectivity index (χ1v) is 9.24. The van der Waals surface area contributed by atoms with Crippen LogP contribution < -0.4 is 10.8 Å². The SMILES string of the molecule is Clc1ccc2oc3ccccc3c(=NNc3nc4ccccc4s3)c2c1. The molecule has 0 aliphatic heterocycles. The van der Waals surface area contributed by atoms with Crippen LogP contribution in [0.5, 0.6) is 0 Å². The third-order valence-corrected chi connectivity index (χ3v) is 5.29. The summed E-state index contributed by atoms with van der Waals surface area (Å²) in [6.07, 6.45) is 0. The summed E-state index contributed by atoms with van der Waals surface area (Å²) in [6, 6.07) is 21.4. The molecule has 4 nitrogen and oxygen atoms in total. The Labute approximate surface area is 157 Å². The number of anilines is 1. The van der Waals surface area contributed by atoms with E-state index in [1.807, 2.05) is 66.7 Å². The van der Waals surface area contributed by atoms with E-state index in [4.69, 9.17) is 16.0 Å². The number of rotatable bonds is 2. The highest BCUT2D eigenvalue weighted by Crippen LogP contribution is 2.26. The highest BCUT2D eigenvalue weighted by molar-refractivity contribution is 7.22. The summed E-state index contributed by atoms with van der Waals surface area (Å²) in [6.45, 7) is 0. The maximum Gasteiger partial charge on any atom is 0.204 e. The van der Waals surface area contributed by atoms with Crippen molar-refractivity contribution in [1.29, 1.82) is 0 Å². The Hall–Kier alpha value is -2.89. The van der Waals surface area contributed by atoms with E-state index < -0.39 is 0 Å². The predicted octanol–water partition coefficient (Wildman–Crippen LogP) is 5.78. The number of nitrogens with one attached hydrogen (secondary N) is 1. The van der Waals surface area contributed by atoms with Crippen molar-refractivity contribution in [3.05, 3.63) is 77.1 Å². The van der Waals surface area contributed by atoms with Crippen LogP contribution in [-0.4, -0.2) is 4.98 Å². The third-order valence-electron chi connectivity index (χ3n) is 4.12.